The number of imide groups is 1. The number of hydrogen-bond donors (Lipinski definition) is 1. The highest BCUT2D eigenvalue weighted by atomic mass is 19.3. The van der Waals surface area contributed by atoms with Crippen LogP contribution >= 0.6 is 0 Å². The van der Waals surface area contributed by atoms with E-state index in [0.29, 0.717) is 17.2 Å². The molecule has 1 saturated heterocycles. The smallest absolute Gasteiger partial charge is 0.387 e. The number of nitrogens with one attached hydrogen (secondary N) is 1. The van der Waals surface area contributed by atoms with Gasteiger partial charge in [0.1, 0.15) is 17.3 Å². The van der Waals surface area contributed by atoms with E-state index >= 15 is 0 Å². The first-order valence-corrected chi connectivity index (χ1v) is 8.81. The summed E-state index contributed by atoms with van der Waals surface area (Å²) in [5, 5.41) is 13.9. The molecule has 12 heteroatoms. The van der Waals surface area contributed by atoms with Crippen molar-refractivity contribution in [3.8, 4) is 11.4 Å². The molecule has 4 rings (SSSR count). The van der Waals surface area contributed by atoms with Crippen LogP contribution in [0.3, 0.4) is 0 Å². The third-order valence-corrected chi connectivity index (χ3v) is 4.65. The average molecular weight is 418 g/mol. The number of aryl methyl sites for hydroxylation is 1. The number of halogens is 2. The molecule has 0 radical (unpaired) electrons. The third kappa shape index (κ3) is 3.36. The van der Waals surface area contributed by atoms with Crippen LogP contribution in [0.2, 0.25) is 0 Å². The number of aromatic nitrogens is 4. The van der Waals surface area contributed by atoms with Gasteiger partial charge >= 0.3 is 12.6 Å². The lowest BCUT2D eigenvalue weighted by atomic mass is 9.99. The van der Waals surface area contributed by atoms with Gasteiger partial charge < -0.3 is 14.5 Å². The molecule has 0 saturated carbocycles. The maximum absolute atomic E-state index is 13.0. The van der Waals surface area contributed by atoms with Crippen LogP contribution < -0.4 is 10.1 Å². The number of rotatable bonds is 6. The number of tetrazole rings is 1. The zero-order valence-corrected chi connectivity index (χ0v) is 15.9. The van der Waals surface area contributed by atoms with E-state index in [9.17, 15) is 18.4 Å². The number of amides is 3. The number of alkyl halides is 2. The van der Waals surface area contributed by atoms with E-state index in [-0.39, 0.29) is 18.1 Å². The molecule has 3 amide bonds. The number of urea groups is 1. The predicted octanol–water partition coefficient (Wildman–Crippen LogP) is 2.13. The van der Waals surface area contributed by atoms with Crippen LogP contribution in [-0.2, 0) is 16.9 Å². The zero-order chi connectivity index (χ0) is 21.5. The van der Waals surface area contributed by atoms with Gasteiger partial charge in [0.05, 0.1) is 12.2 Å². The Labute approximate surface area is 168 Å². The molecule has 10 nitrogen and oxygen atoms in total. The van der Waals surface area contributed by atoms with Crippen LogP contribution in [0.4, 0.5) is 13.6 Å². The Morgan fingerprint density at radius 2 is 1.93 bits per heavy atom. The Kier molecular flexibility index (Phi) is 4.68. The largest absolute Gasteiger partial charge is 0.463 e. The van der Waals surface area contributed by atoms with Gasteiger partial charge in [-0.05, 0) is 60.7 Å². The zero-order valence-electron chi connectivity index (χ0n) is 15.9. The summed E-state index contributed by atoms with van der Waals surface area (Å²) in [7, 11) is 0. The summed E-state index contributed by atoms with van der Waals surface area (Å²) in [5.74, 6) is 0.574. The molecule has 3 heterocycles. The van der Waals surface area contributed by atoms with Gasteiger partial charge in [-0.1, -0.05) is 0 Å². The Morgan fingerprint density at radius 1 is 1.20 bits per heavy atom. The fourth-order valence-electron chi connectivity index (χ4n) is 3.13. The monoisotopic (exact) mass is 418 g/mol. The Morgan fingerprint density at radius 3 is 2.57 bits per heavy atom. The molecule has 3 aromatic rings. The van der Waals surface area contributed by atoms with E-state index in [0.717, 1.165) is 4.90 Å². The molecule has 1 fully saturated rings. The van der Waals surface area contributed by atoms with Gasteiger partial charge in [0, 0.05) is 0 Å². The number of furan rings is 1. The van der Waals surface area contributed by atoms with Crippen LogP contribution in [0.5, 0.6) is 5.75 Å². The quantitative estimate of drug-likeness (QED) is 0.610. The highest BCUT2D eigenvalue weighted by molar-refractivity contribution is 6.06. The van der Waals surface area contributed by atoms with Gasteiger partial charge in [0.2, 0.25) is 0 Å². The van der Waals surface area contributed by atoms with E-state index in [1.54, 1.807) is 26.0 Å². The Hall–Kier alpha value is -3.83. The summed E-state index contributed by atoms with van der Waals surface area (Å²) < 4.78 is 35.7. The van der Waals surface area contributed by atoms with E-state index in [1.807, 2.05) is 0 Å². The summed E-state index contributed by atoms with van der Waals surface area (Å²) >= 11 is 0. The van der Waals surface area contributed by atoms with Gasteiger partial charge in [-0.25, -0.2) is 4.79 Å². The molecule has 1 unspecified atom stereocenters. The highest BCUT2D eigenvalue weighted by Crippen LogP contribution is 2.31. The minimum atomic E-state index is -2.94. The number of carbonyl (C=O) groups excluding carboxylic acids is 2. The molecule has 0 bridgehead atoms. The topological polar surface area (TPSA) is 115 Å². The number of ether oxygens (including phenoxy) is 1. The lowest BCUT2D eigenvalue weighted by molar-refractivity contribution is -0.132. The van der Waals surface area contributed by atoms with Crippen molar-refractivity contribution in [2.75, 3.05) is 0 Å². The van der Waals surface area contributed by atoms with E-state index in [2.05, 4.69) is 25.6 Å². The van der Waals surface area contributed by atoms with Gasteiger partial charge in [0.25, 0.3) is 5.91 Å². The standard InChI is InChI=1S/C18H16F2N6O4/c1-10-3-8-13(29-10)18(2)15(27)25(17(28)21-18)9-14-22-23-24-26(14)11-4-6-12(7-5-11)30-16(19)20/h3-8,16H,9H2,1-2H3,(H,21,28). The van der Waals surface area contributed by atoms with Crippen molar-refractivity contribution in [2.45, 2.75) is 32.5 Å². The van der Waals surface area contributed by atoms with E-state index in [4.69, 9.17) is 4.42 Å². The number of hydrogen-bond acceptors (Lipinski definition) is 7. The molecule has 30 heavy (non-hydrogen) atoms. The molecular formula is C18H16F2N6O4. The molecule has 2 aromatic heterocycles. The SMILES string of the molecule is Cc1ccc(C2(C)NC(=O)N(Cc3nnnn3-c3ccc(OC(F)F)cc3)C2=O)o1. The molecule has 156 valence electrons. The summed E-state index contributed by atoms with van der Waals surface area (Å²) in [5.41, 5.74) is -0.911. The minimum Gasteiger partial charge on any atom is -0.463 e. The van der Waals surface area contributed by atoms with Gasteiger partial charge in [-0.3, -0.25) is 9.69 Å². The predicted molar refractivity (Wildman–Crippen MR) is 95.7 cm³/mol. The maximum Gasteiger partial charge on any atom is 0.387 e. The van der Waals surface area contributed by atoms with Crippen molar-refractivity contribution in [1.29, 1.82) is 0 Å². The molecule has 0 spiro atoms. The van der Waals surface area contributed by atoms with Crippen LogP contribution in [0.1, 0.15) is 24.3 Å². The van der Waals surface area contributed by atoms with E-state index < -0.39 is 24.1 Å². The second-order valence-electron chi connectivity index (χ2n) is 6.74. The molecule has 1 atom stereocenters. The molecule has 0 aliphatic carbocycles. The van der Waals surface area contributed by atoms with Crippen molar-refractivity contribution in [3.63, 3.8) is 0 Å². The summed E-state index contributed by atoms with van der Waals surface area (Å²) in [6.07, 6.45) is 0. The summed E-state index contributed by atoms with van der Waals surface area (Å²) in [4.78, 5) is 26.5. The van der Waals surface area contributed by atoms with Crippen molar-refractivity contribution in [1.82, 2.24) is 30.4 Å². The second-order valence-corrected chi connectivity index (χ2v) is 6.74. The summed E-state index contributed by atoms with van der Waals surface area (Å²) in [6, 6.07) is 8.31. The molecular weight excluding hydrogens is 402 g/mol. The molecule has 1 N–H and O–H groups in total. The van der Waals surface area contributed by atoms with Crippen molar-refractivity contribution in [3.05, 3.63) is 53.7 Å². The number of carbonyl (C=O) groups is 2. The highest BCUT2D eigenvalue weighted by Gasteiger charge is 2.51. The van der Waals surface area contributed by atoms with Crippen molar-refractivity contribution >= 4 is 11.9 Å². The molecule has 1 aliphatic heterocycles. The lowest BCUT2D eigenvalue weighted by Gasteiger charge is -2.19. The second kappa shape index (κ2) is 7.21. The van der Waals surface area contributed by atoms with Crippen LogP contribution in [0.15, 0.2) is 40.8 Å². The Balaban J connectivity index is 1.57. The fourth-order valence-corrected chi connectivity index (χ4v) is 3.13. The third-order valence-electron chi connectivity index (χ3n) is 4.65. The fraction of sp³-hybridized carbons (Fsp3) is 0.278. The van der Waals surface area contributed by atoms with Crippen molar-refractivity contribution < 1.29 is 27.5 Å². The van der Waals surface area contributed by atoms with Gasteiger partial charge in [-0.15, -0.1) is 5.10 Å². The first-order chi connectivity index (χ1) is 14.3. The van der Waals surface area contributed by atoms with Crippen LogP contribution in [0.25, 0.3) is 5.69 Å². The number of nitrogens with zero attached hydrogens (tertiary/aromatic N) is 5. The first kappa shape index (κ1) is 19.5. The summed E-state index contributed by atoms with van der Waals surface area (Å²) in [6.45, 7) is 0.141. The number of benzene rings is 1. The average Bonchev–Trinajstić information content (AvgIpc) is 3.39. The van der Waals surface area contributed by atoms with E-state index in [1.165, 1.54) is 28.9 Å². The first-order valence-electron chi connectivity index (χ1n) is 8.81. The minimum absolute atomic E-state index is 0.0259. The van der Waals surface area contributed by atoms with Gasteiger partial charge in [0.15, 0.2) is 11.4 Å². The maximum atomic E-state index is 13.0. The molecule has 1 aromatic carbocycles. The van der Waals surface area contributed by atoms with Gasteiger partial charge in [-0.2, -0.15) is 13.5 Å². The van der Waals surface area contributed by atoms with Crippen LogP contribution in [0, 0.1) is 6.92 Å². The Bertz CT molecular complexity index is 1100. The molecule has 1 aliphatic rings. The van der Waals surface area contributed by atoms with Crippen LogP contribution in [-0.4, -0.2) is 43.7 Å². The van der Waals surface area contributed by atoms with Crippen molar-refractivity contribution in [2.24, 2.45) is 0 Å². The lowest BCUT2D eigenvalue weighted by Crippen LogP contribution is -2.40. The normalized spacial score (nSPS) is 18.9.